The molecule has 1 heterocycles. The first kappa shape index (κ1) is 19.6. The van der Waals surface area contributed by atoms with Crippen molar-refractivity contribution in [1.29, 1.82) is 0 Å². The molecule has 28 heavy (non-hydrogen) atoms. The quantitative estimate of drug-likeness (QED) is 0.664. The zero-order valence-corrected chi connectivity index (χ0v) is 15.0. The molecule has 0 spiro atoms. The molecular formula is C20H16F4N2O2. The van der Waals surface area contributed by atoms with Crippen LogP contribution in [0.3, 0.4) is 0 Å². The van der Waals surface area contributed by atoms with Gasteiger partial charge in [0.05, 0.1) is 11.4 Å². The van der Waals surface area contributed by atoms with Crippen molar-refractivity contribution in [1.82, 2.24) is 10.3 Å². The lowest BCUT2D eigenvalue weighted by Crippen LogP contribution is -2.31. The monoisotopic (exact) mass is 392 g/mol. The van der Waals surface area contributed by atoms with Crippen molar-refractivity contribution in [2.45, 2.75) is 26.3 Å². The van der Waals surface area contributed by atoms with Crippen LogP contribution in [0.15, 0.2) is 35.1 Å². The van der Waals surface area contributed by atoms with Crippen molar-refractivity contribution in [3.63, 3.8) is 0 Å². The number of aromatic amines is 1. The Bertz CT molecular complexity index is 1140. The second-order valence-electron chi connectivity index (χ2n) is 6.45. The van der Waals surface area contributed by atoms with Crippen molar-refractivity contribution < 1.29 is 22.4 Å². The molecule has 146 valence electrons. The normalized spacial score (nSPS) is 12.2. The molecule has 3 rings (SSSR count). The third kappa shape index (κ3) is 3.49. The fourth-order valence-corrected chi connectivity index (χ4v) is 3.17. The number of nitrogens with one attached hydrogen (secondary N) is 2. The summed E-state index contributed by atoms with van der Waals surface area (Å²) in [6.45, 7) is 2.64. The zero-order valence-electron chi connectivity index (χ0n) is 15.0. The first-order valence-corrected chi connectivity index (χ1v) is 8.42. The highest BCUT2D eigenvalue weighted by molar-refractivity contribution is 5.88. The molecule has 4 nitrogen and oxygen atoms in total. The number of hydrogen-bond donors (Lipinski definition) is 2. The summed E-state index contributed by atoms with van der Waals surface area (Å²) in [5, 5.41) is 2.35. The Labute approximate surface area is 157 Å². The number of carbonyl (C=O) groups excluding carboxylic acids is 1. The minimum absolute atomic E-state index is 0.0194. The topological polar surface area (TPSA) is 62.0 Å². The number of hydrogen-bond acceptors (Lipinski definition) is 2. The maximum Gasteiger partial charge on any atom is 0.252 e. The molecule has 0 saturated heterocycles. The molecule has 0 bridgehead atoms. The average Bonchev–Trinajstić information content (AvgIpc) is 2.63. The molecule has 3 aromatic rings. The van der Waals surface area contributed by atoms with E-state index in [9.17, 15) is 27.2 Å². The number of halogens is 4. The molecule has 0 saturated carbocycles. The van der Waals surface area contributed by atoms with Crippen molar-refractivity contribution in [3.05, 3.63) is 80.6 Å². The van der Waals surface area contributed by atoms with E-state index >= 15 is 0 Å². The number of rotatable bonds is 4. The minimum atomic E-state index is -1.12. The molecule has 2 aromatic carbocycles. The largest absolute Gasteiger partial charge is 0.351 e. The summed E-state index contributed by atoms with van der Waals surface area (Å²) in [5.41, 5.74) is -0.294. The van der Waals surface area contributed by atoms with Crippen molar-refractivity contribution >= 4 is 16.8 Å². The van der Waals surface area contributed by atoms with Crippen LogP contribution in [0.5, 0.6) is 0 Å². The molecule has 0 aliphatic rings. The third-order valence-corrected chi connectivity index (χ3v) is 4.66. The molecule has 1 aromatic heterocycles. The molecule has 0 aliphatic heterocycles. The van der Waals surface area contributed by atoms with Crippen LogP contribution in [0.4, 0.5) is 17.6 Å². The summed E-state index contributed by atoms with van der Waals surface area (Å²) in [6, 6.07) is 5.10. The van der Waals surface area contributed by atoms with Crippen LogP contribution in [-0.2, 0) is 11.3 Å². The maximum absolute atomic E-state index is 14.2. The standard InChI is InChI=1S/C20H16F4N2O2/c1-9-16(20(28)26-15-6-5-13(22)18(24)17(9)15)10(2)19(27)25-8-11-3-4-12(21)7-14(11)23/h3-7,10H,8H2,1-2H3,(H,25,27)(H,26,28)/t10-/m0/s1. The second kappa shape index (κ2) is 7.46. The second-order valence-corrected chi connectivity index (χ2v) is 6.45. The molecule has 2 N–H and O–H groups in total. The predicted octanol–water partition coefficient (Wildman–Crippen LogP) is 3.81. The Balaban J connectivity index is 1.92. The summed E-state index contributed by atoms with van der Waals surface area (Å²) in [5.74, 6) is -5.38. The minimum Gasteiger partial charge on any atom is -0.351 e. The van der Waals surface area contributed by atoms with E-state index < -0.39 is 40.7 Å². The summed E-state index contributed by atoms with van der Waals surface area (Å²) in [4.78, 5) is 27.3. The van der Waals surface area contributed by atoms with Gasteiger partial charge in [0.1, 0.15) is 11.6 Å². The van der Waals surface area contributed by atoms with Crippen LogP contribution in [0.25, 0.3) is 10.9 Å². The average molecular weight is 392 g/mol. The van der Waals surface area contributed by atoms with E-state index in [0.717, 1.165) is 12.1 Å². The summed E-state index contributed by atoms with van der Waals surface area (Å²) >= 11 is 0. The molecule has 1 atom stereocenters. The van der Waals surface area contributed by atoms with Gasteiger partial charge in [0.25, 0.3) is 5.56 Å². The number of H-pyrrole nitrogens is 1. The number of pyridine rings is 1. The van der Waals surface area contributed by atoms with Gasteiger partial charge in [0, 0.05) is 29.1 Å². The van der Waals surface area contributed by atoms with Gasteiger partial charge in [-0.05, 0) is 37.6 Å². The lowest BCUT2D eigenvalue weighted by molar-refractivity contribution is -0.122. The summed E-state index contributed by atoms with van der Waals surface area (Å²) in [7, 11) is 0. The van der Waals surface area contributed by atoms with E-state index in [0.29, 0.717) is 6.07 Å². The van der Waals surface area contributed by atoms with Gasteiger partial charge < -0.3 is 10.3 Å². The number of amides is 1. The van der Waals surface area contributed by atoms with E-state index in [-0.39, 0.29) is 34.1 Å². The van der Waals surface area contributed by atoms with Gasteiger partial charge in [-0.15, -0.1) is 0 Å². The number of fused-ring (bicyclic) bond motifs is 1. The maximum atomic E-state index is 14.2. The molecule has 0 fully saturated rings. The third-order valence-electron chi connectivity index (χ3n) is 4.66. The Hall–Kier alpha value is -3.16. The van der Waals surface area contributed by atoms with Gasteiger partial charge >= 0.3 is 0 Å². The van der Waals surface area contributed by atoms with Crippen molar-refractivity contribution in [2.75, 3.05) is 0 Å². The number of carbonyl (C=O) groups is 1. The number of aromatic nitrogens is 1. The lowest BCUT2D eigenvalue weighted by Gasteiger charge is -2.16. The smallest absolute Gasteiger partial charge is 0.252 e. The van der Waals surface area contributed by atoms with Gasteiger partial charge in [-0.1, -0.05) is 6.07 Å². The fourth-order valence-electron chi connectivity index (χ4n) is 3.17. The molecule has 0 unspecified atom stereocenters. The summed E-state index contributed by atoms with van der Waals surface area (Å²) in [6.07, 6.45) is 0. The van der Waals surface area contributed by atoms with Crippen molar-refractivity contribution in [3.8, 4) is 0 Å². The van der Waals surface area contributed by atoms with Gasteiger partial charge in [-0.25, -0.2) is 17.6 Å². The highest BCUT2D eigenvalue weighted by Gasteiger charge is 2.24. The van der Waals surface area contributed by atoms with Crippen LogP contribution in [-0.4, -0.2) is 10.9 Å². The lowest BCUT2D eigenvalue weighted by atomic mass is 9.94. The van der Waals surface area contributed by atoms with E-state index in [1.165, 1.54) is 26.0 Å². The highest BCUT2D eigenvalue weighted by Crippen LogP contribution is 2.26. The zero-order chi connectivity index (χ0) is 20.6. The molecule has 0 aliphatic carbocycles. The van der Waals surface area contributed by atoms with Crippen LogP contribution >= 0.6 is 0 Å². The van der Waals surface area contributed by atoms with Gasteiger partial charge in [-0.3, -0.25) is 9.59 Å². The molecular weight excluding hydrogens is 376 g/mol. The molecule has 1 amide bonds. The van der Waals surface area contributed by atoms with E-state index in [1.807, 2.05) is 0 Å². The Morgan fingerprint density at radius 1 is 1.11 bits per heavy atom. The Morgan fingerprint density at radius 3 is 2.50 bits per heavy atom. The van der Waals surface area contributed by atoms with Crippen LogP contribution in [0, 0.1) is 30.2 Å². The molecule has 8 heteroatoms. The SMILES string of the molecule is Cc1c([C@H](C)C(=O)NCc2ccc(F)cc2F)c(=O)[nH]c2ccc(F)c(F)c12. The fraction of sp³-hybridized carbons (Fsp3) is 0.200. The van der Waals surface area contributed by atoms with Gasteiger partial charge in [0.2, 0.25) is 5.91 Å². The first-order chi connectivity index (χ1) is 13.2. The Morgan fingerprint density at radius 2 is 1.82 bits per heavy atom. The summed E-state index contributed by atoms with van der Waals surface area (Å²) < 4.78 is 54.4. The van der Waals surface area contributed by atoms with E-state index in [1.54, 1.807) is 0 Å². The Kier molecular flexibility index (Phi) is 5.22. The van der Waals surface area contributed by atoms with Crippen LogP contribution < -0.4 is 10.9 Å². The van der Waals surface area contributed by atoms with E-state index in [2.05, 4.69) is 10.3 Å². The van der Waals surface area contributed by atoms with Crippen molar-refractivity contribution in [2.24, 2.45) is 0 Å². The predicted molar refractivity (Wildman–Crippen MR) is 95.8 cm³/mol. The molecule has 0 radical (unpaired) electrons. The number of benzene rings is 2. The first-order valence-electron chi connectivity index (χ1n) is 8.42. The van der Waals surface area contributed by atoms with E-state index in [4.69, 9.17) is 0 Å². The van der Waals surface area contributed by atoms with Crippen LogP contribution in [0.1, 0.15) is 29.5 Å². The van der Waals surface area contributed by atoms with Gasteiger partial charge in [0.15, 0.2) is 11.6 Å². The highest BCUT2D eigenvalue weighted by atomic mass is 19.2. The van der Waals surface area contributed by atoms with Crippen LogP contribution in [0.2, 0.25) is 0 Å². The number of aryl methyl sites for hydroxylation is 1. The van der Waals surface area contributed by atoms with Gasteiger partial charge in [-0.2, -0.15) is 0 Å².